The number of hydrogen-bond donors (Lipinski definition) is 3. The van der Waals surface area contributed by atoms with Gasteiger partial charge in [-0.05, 0) is 99.0 Å². The Morgan fingerprint density at radius 3 is 2.40 bits per heavy atom. The number of amides is 1. The van der Waals surface area contributed by atoms with Gasteiger partial charge in [0.1, 0.15) is 27.4 Å². The van der Waals surface area contributed by atoms with Gasteiger partial charge in [-0.2, -0.15) is 5.10 Å². The molecule has 0 aliphatic carbocycles. The first-order valence-corrected chi connectivity index (χ1v) is 17.2. The van der Waals surface area contributed by atoms with Crippen molar-refractivity contribution in [2.24, 2.45) is 0 Å². The number of aromatic nitrogens is 4. The highest BCUT2D eigenvalue weighted by Crippen LogP contribution is 2.31. The molecule has 0 radical (unpaired) electrons. The van der Waals surface area contributed by atoms with Gasteiger partial charge in [0.05, 0.1) is 12.5 Å². The third kappa shape index (κ3) is 8.45. The summed E-state index contributed by atoms with van der Waals surface area (Å²) in [5, 5.41) is 16.1. The number of aliphatic hydroxyl groups is 1. The van der Waals surface area contributed by atoms with E-state index in [2.05, 4.69) is 20.2 Å². The van der Waals surface area contributed by atoms with Crippen molar-refractivity contribution in [2.75, 3.05) is 7.11 Å². The number of carbonyl (C=O) groups is 1. The van der Waals surface area contributed by atoms with Gasteiger partial charge in [0.2, 0.25) is 5.91 Å². The monoisotopic (exact) mass is 733 g/mol. The molecule has 0 saturated carbocycles. The molecule has 4 aromatic rings. The van der Waals surface area contributed by atoms with Crippen molar-refractivity contribution in [2.45, 2.75) is 72.7 Å². The standard InChI is InChI=1S/C25H28FN5O4S.C3H8O.HIS/c1-14(2)28-21(32)16(4)31-22(33)20-15(3)23(30-11-6-10-27-30)36-24(20)29(25(31)34)12-9-17-13-18(26)7-8-19(17)35-5;1-3(2)4;1-2/h6-8,10-11,13-14,16H,9,12H2,1-5H3,(H,28,32);3-4H,1-2H3;2H. The van der Waals surface area contributed by atoms with Crippen molar-refractivity contribution in [3.63, 3.8) is 0 Å². The predicted molar refractivity (Wildman–Crippen MR) is 177 cm³/mol. The Kier molecular flexibility index (Phi) is 13.7. The van der Waals surface area contributed by atoms with Crippen LogP contribution in [0, 0.1) is 12.7 Å². The molecule has 3 aromatic heterocycles. The van der Waals surface area contributed by atoms with Crippen LogP contribution in [0.4, 0.5) is 4.39 Å². The molecule has 4 rings (SSSR count). The first kappa shape index (κ1) is 35.5. The number of hydrogen-bond acceptors (Lipinski definition) is 8. The van der Waals surface area contributed by atoms with E-state index in [-0.39, 0.29) is 25.1 Å². The number of ether oxygens (including phenoxy) is 1. The maximum absolute atomic E-state index is 13.9. The van der Waals surface area contributed by atoms with Crippen molar-refractivity contribution < 1.29 is 19.0 Å². The topological polar surface area (TPSA) is 120 Å². The molecule has 42 heavy (non-hydrogen) atoms. The van der Waals surface area contributed by atoms with Crippen molar-refractivity contribution in [1.29, 1.82) is 0 Å². The zero-order valence-corrected chi connectivity index (χ0v) is 28.5. The molecule has 230 valence electrons. The molecule has 0 aliphatic rings. The summed E-state index contributed by atoms with van der Waals surface area (Å²) in [5.41, 5.74) is 0.100. The Balaban J connectivity index is 0.000000947. The average Bonchev–Trinajstić information content (AvgIpc) is 3.57. The van der Waals surface area contributed by atoms with Crippen molar-refractivity contribution in [3.05, 3.63) is 74.4 Å². The fourth-order valence-electron chi connectivity index (χ4n) is 4.20. The smallest absolute Gasteiger partial charge is 0.332 e. The Bertz CT molecular complexity index is 1600. The van der Waals surface area contributed by atoms with E-state index in [1.807, 2.05) is 21.2 Å². The number of thiol groups is 1. The minimum absolute atomic E-state index is 0.145. The summed E-state index contributed by atoms with van der Waals surface area (Å²) in [4.78, 5) is 40.6. The number of benzene rings is 1. The van der Waals surface area contributed by atoms with Gasteiger partial charge in [-0.3, -0.25) is 14.2 Å². The first-order chi connectivity index (χ1) is 19.9. The Morgan fingerprint density at radius 1 is 1.21 bits per heavy atom. The predicted octanol–water partition coefficient (Wildman–Crippen LogP) is 4.85. The molecule has 0 bridgehead atoms. The highest BCUT2D eigenvalue weighted by molar-refractivity contribution is 14.2. The number of aliphatic hydroxyl groups excluding tert-OH is 1. The average molecular weight is 734 g/mol. The van der Waals surface area contributed by atoms with Gasteiger partial charge < -0.3 is 15.2 Å². The molecule has 0 aliphatic heterocycles. The van der Waals surface area contributed by atoms with E-state index in [1.165, 1.54) is 48.1 Å². The third-order valence-corrected chi connectivity index (χ3v) is 7.28. The number of methoxy groups -OCH3 is 1. The lowest BCUT2D eigenvalue weighted by Gasteiger charge is -2.19. The largest absolute Gasteiger partial charge is 0.496 e. The number of carbonyl (C=O) groups excluding carboxylic acids is 1. The summed E-state index contributed by atoms with van der Waals surface area (Å²) in [6, 6.07) is 4.79. The molecule has 10 nitrogen and oxygen atoms in total. The second kappa shape index (κ2) is 16.2. The molecule has 0 fully saturated rings. The third-order valence-electron chi connectivity index (χ3n) is 5.98. The second-order valence-corrected chi connectivity index (χ2v) is 10.9. The van der Waals surface area contributed by atoms with Gasteiger partial charge in [0.25, 0.3) is 5.56 Å². The van der Waals surface area contributed by atoms with E-state index in [1.54, 1.807) is 57.8 Å². The lowest BCUT2D eigenvalue weighted by molar-refractivity contribution is -0.124. The fraction of sp³-hybridized carbons (Fsp3) is 0.429. The molecule has 0 saturated heterocycles. The molecule has 14 heteroatoms. The second-order valence-electron chi connectivity index (χ2n) is 9.91. The maximum atomic E-state index is 13.9. The number of thiophene rings is 1. The summed E-state index contributed by atoms with van der Waals surface area (Å²) < 4.78 is 23.4. The van der Waals surface area contributed by atoms with Crippen LogP contribution in [-0.4, -0.2) is 49.2 Å². The minimum atomic E-state index is -1.03. The summed E-state index contributed by atoms with van der Waals surface area (Å²) in [7, 11) is 4.99. The number of fused-ring (bicyclic) bond motifs is 1. The van der Waals surface area contributed by atoms with Crippen molar-refractivity contribution >= 4 is 58.5 Å². The fourth-order valence-corrected chi connectivity index (χ4v) is 5.46. The van der Waals surface area contributed by atoms with Crippen LogP contribution in [0.2, 0.25) is 0 Å². The number of nitrogens with zero attached hydrogens (tertiary/aromatic N) is 4. The summed E-state index contributed by atoms with van der Waals surface area (Å²) >= 11 is 3.11. The van der Waals surface area contributed by atoms with Gasteiger partial charge >= 0.3 is 5.69 Å². The van der Waals surface area contributed by atoms with Crippen LogP contribution in [0.15, 0.2) is 46.2 Å². The highest BCUT2D eigenvalue weighted by Gasteiger charge is 2.26. The zero-order chi connectivity index (χ0) is 31.7. The number of halogens is 2. The van der Waals surface area contributed by atoms with E-state index in [9.17, 15) is 18.8 Å². The van der Waals surface area contributed by atoms with Crippen LogP contribution < -0.4 is 21.3 Å². The molecule has 1 aromatic carbocycles. The van der Waals surface area contributed by atoms with Crippen molar-refractivity contribution in [3.8, 4) is 10.8 Å². The van der Waals surface area contributed by atoms with E-state index in [0.29, 0.717) is 32.1 Å². The summed E-state index contributed by atoms with van der Waals surface area (Å²) in [6.45, 7) is 10.5. The number of nitrogens with one attached hydrogen (secondary N) is 1. The van der Waals surface area contributed by atoms with Crippen LogP contribution in [0.5, 0.6) is 5.75 Å². The van der Waals surface area contributed by atoms with E-state index in [4.69, 9.17) is 9.84 Å². The van der Waals surface area contributed by atoms with E-state index >= 15 is 0 Å². The van der Waals surface area contributed by atoms with E-state index in [0.717, 1.165) is 4.57 Å². The normalized spacial score (nSPS) is 11.5. The Labute approximate surface area is 265 Å². The molecule has 1 unspecified atom stereocenters. The van der Waals surface area contributed by atoms with Crippen LogP contribution in [0.25, 0.3) is 15.2 Å². The van der Waals surface area contributed by atoms with Crippen LogP contribution in [0.3, 0.4) is 0 Å². The molecule has 1 amide bonds. The zero-order valence-electron chi connectivity index (χ0n) is 24.6. The van der Waals surface area contributed by atoms with Crippen LogP contribution in [-0.2, 0) is 17.8 Å². The summed E-state index contributed by atoms with van der Waals surface area (Å²) in [6.07, 6.45) is 3.49. The maximum Gasteiger partial charge on any atom is 0.332 e. The minimum Gasteiger partial charge on any atom is -0.496 e. The number of aryl methyl sites for hydroxylation is 3. The van der Waals surface area contributed by atoms with Gasteiger partial charge in [-0.15, -0.1) is 9.80 Å². The Hall–Kier alpha value is -2.69. The SMILES string of the molecule is CC(C)O.COc1ccc(F)cc1CCn1c(=O)n(C(C)C(=O)NC(C)C)c(=O)c2c(C)c(-n3cccn3)sc21.SI. The molecular formula is C28H37FIN5O5S2. The lowest BCUT2D eigenvalue weighted by atomic mass is 10.1. The summed E-state index contributed by atoms with van der Waals surface area (Å²) in [5.74, 6) is -0.347. The van der Waals surface area contributed by atoms with Crippen LogP contribution >= 0.6 is 42.3 Å². The molecule has 3 heterocycles. The first-order valence-electron chi connectivity index (χ1n) is 13.1. The van der Waals surface area contributed by atoms with Crippen molar-refractivity contribution in [1.82, 2.24) is 24.2 Å². The molecular weight excluding hydrogens is 696 g/mol. The quantitative estimate of drug-likeness (QED) is 0.176. The lowest BCUT2D eigenvalue weighted by Crippen LogP contribution is -2.47. The highest BCUT2D eigenvalue weighted by atomic mass is 127. The Morgan fingerprint density at radius 2 is 1.86 bits per heavy atom. The number of rotatable bonds is 8. The van der Waals surface area contributed by atoms with E-state index < -0.39 is 29.0 Å². The molecule has 2 N–H and O–H groups in total. The van der Waals surface area contributed by atoms with Gasteiger partial charge in [0, 0.05) is 36.6 Å². The van der Waals surface area contributed by atoms with Gasteiger partial charge in [-0.1, -0.05) is 11.3 Å². The molecule has 0 spiro atoms. The van der Waals surface area contributed by atoms with Crippen LogP contribution in [0.1, 0.15) is 51.8 Å². The molecule has 1 atom stereocenters. The van der Waals surface area contributed by atoms with Gasteiger partial charge in [-0.25, -0.2) is 18.4 Å². The van der Waals surface area contributed by atoms with Gasteiger partial charge in [0.15, 0.2) is 0 Å².